The van der Waals surface area contributed by atoms with E-state index in [2.05, 4.69) is 83.7 Å². The van der Waals surface area contributed by atoms with Gasteiger partial charge < -0.3 is 0 Å². The molecule has 0 atom stereocenters. The zero-order valence-electron chi connectivity index (χ0n) is 16.1. The lowest BCUT2D eigenvalue weighted by Crippen LogP contribution is -1.83. The second-order valence-corrected chi connectivity index (χ2v) is 8.07. The van der Waals surface area contributed by atoms with Crippen molar-refractivity contribution < 1.29 is 0 Å². The number of nitrogens with zero attached hydrogens (tertiary/aromatic N) is 1. The SMILES string of the molecule is [C-]#[N+]c1ccc2c(ccc3c4cc5c(cc4ccc23)-c2cccc3cccc-5c23)c1. The van der Waals surface area contributed by atoms with Crippen LogP contribution in [-0.2, 0) is 0 Å². The Morgan fingerprint density at radius 3 is 1.83 bits per heavy atom. The van der Waals surface area contributed by atoms with E-state index in [-0.39, 0.29) is 0 Å². The first kappa shape index (κ1) is 15.7. The molecule has 0 bridgehead atoms. The summed E-state index contributed by atoms with van der Waals surface area (Å²) < 4.78 is 0. The highest BCUT2D eigenvalue weighted by Gasteiger charge is 2.21. The molecule has 7 rings (SSSR count). The first-order valence-corrected chi connectivity index (χ1v) is 10.1. The molecule has 6 aromatic carbocycles. The Labute approximate surface area is 173 Å². The minimum Gasteiger partial charge on any atom is -0.238 e. The van der Waals surface area contributed by atoms with Gasteiger partial charge in [0.05, 0.1) is 6.57 Å². The van der Waals surface area contributed by atoms with Gasteiger partial charge in [0.25, 0.3) is 0 Å². The Hall–Kier alpha value is -4.15. The molecule has 1 aliphatic carbocycles. The fourth-order valence-electron chi connectivity index (χ4n) is 5.22. The molecule has 0 unspecified atom stereocenters. The quantitative estimate of drug-likeness (QED) is 0.184. The molecule has 1 heteroatoms. The van der Waals surface area contributed by atoms with Crippen molar-refractivity contribution in [1.82, 2.24) is 0 Å². The summed E-state index contributed by atoms with van der Waals surface area (Å²) in [5.74, 6) is 0. The molecule has 0 aromatic heterocycles. The lowest BCUT2D eigenvalue weighted by molar-refractivity contribution is 1.75. The highest BCUT2D eigenvalue weighted by atomic mass is 14.6. The van der Waals surface area contributed by atoms with Crippen molar-refractivity contribution in [2.45, 2.75) is 0 Å². The largest absolute Gasteiger partial charge is 0.238 e. The van der Waals surface area contributed by atoms with Crippen molar-refractivity contribution in [2.75, 3.05) is 0 Å². The molecule has 0 spiro atoms. The van der Waals surface area contributed by atoms with E-state index in [0.29, 0.717) is 5.69 Å². The van der Waals surface area contributed by atoms with Crippen LogP contribution in [0.15, 0.2) is 91.0 Å². The predicted molar refractivity (Wildman–Crippen MR) is 127 cm³/mol. The molecule has 0 fully saturated rings. The summed E-state index contributed by atoms with van der Waals surface area (Å²) >= 11 is 0. The molecule has 1 aliphatic rings. The van der Waals surface area contributed by atoms with Gasteiger partial charge in [0.1, 0.15) is 0 Å². The van der Waals surface area contributed by atoms with E-state index in [4.69, 9.17) is 6.57 Å². The van der Waals surface area contributed by atoms with Crippen molar-refractivity contribution in [2.24, 2.45) is 0 Å². The molecule has 0 N–H and O–H groups in total. The van der Waals surface area contributed by atoms with E-state index in [1.807, 2.05) is 12.1 Å². The predicted octanol–water partition coefficient (Wildman–Crippen LogP) is 8.50. The van der Waals surface area contributed by atoms with Crippen LogP contribution >= 0.6 is 0 Å². The third-order valence-electron chi connectivity index (χ3n) is 6.57. The monoisotopic (exact) mass is 377 g/mol. The van der Waals surface area contributed by atoms with Crippen molar-refractivity contribution in [1.29, 1.82) is 0 Å². The van der Waals surface area contributed by atoms with Gasteiger partial charge >= 0.3 is 0 Å². The Bertz CT molecular complexity index is 1740. The van der Waals surface area contributed by atoms with Crippen LogP contribution < -0.4 is 0 Å². The first-order valence-electron chi connectivity index (χ1n) is 10.1. The molecule has 0 amide bonds. The third-order valence-corrected chi connectivity index (χ3v) is 6.57. The Balaban J connectivity index is 1.60. The molecule has 1 nitrogen and oxygen atoms in total. The van der Waals surface area contributed by atoms with Crippen LogP contribution in [0.25, 0.3) is 70.2 Å². The summed E-state index contributed by atoms with van der Waals surface area (Å²) in [6, 6.07) is 32.7. The fourth-order valence-corrected chi connectivity index (χ4v) is 5.22. The van der Waals surface area contributed by atoms with E-state index in [1.165, 1.54) is 60.0 Å². The lowest BCUT2D eigenvalue weighted by atomic mass is 9.93. The Kier molecular flexibility index (Phi) is 2.87. The summed E-state index contributed by atoms with van der Waals surface area (Å²) in [5, 5.41) is 10.0. The highest BCUT2D eigenvalue weighted by molar-refractivity contribution is 6.22. The van der Waals surface area contributed by atoms with Crippen LogP contribution in [0, 0.1) is 6.57 Å². The summed E-state index contributed by atoms with van der Waals surface area (Å²) in [4.78, 5) is 3.58. The number of hydrogen-bond acceptors (Lipinski definition) is 0. The topological polar surface area (TPSA) is 4.36 Å². The van der Waals surface area contributed by atoms with E-state index < -0.39 is 0 Å². The third kappa shape index (κ3) is 1.91. The molecule has 0 heterocycles. The molecule has 30 heavy (non-hydrogen) atoms. The number of benzene rings is 6. The number of hydrogen-bond donors (Lipinski definition) is 0. The molecule has 0 saturated carbocycles. The Morgan fingerprint density at radius 2 is 1.10 bits per heavy atom. The van der Waals surface area contributed by atoms with E-state index in [0.717, 1.165) is 5.39 Å². The molecular weight excluding hydrogens is 362 g/mol. The van der Waals surface area contributed by atoms with E-state index in [1.54, 1.807) is 0 Å². The molecule has 0 radical (unpaired) electrons. The lowest BCUT2D eigenvalue weighted by Gasteiger charge is -2.11. The van der Waals surface area contributed by atoms with Crippen molar-refractivity contribution in [3.05, 3.63) is 102 Å². The van der Waals surface area contributed by atoms with Gasteiger partial charge in [0.2, 0.25) is 0 Å². The van der Waals surface area contributed by atoms with Crippen LogP contribution in [0.2, 0.25) is 0 Å². The number of fused-ring (bicyclic) bond motifs is 8. The van der Waals surface area contributed by atoms with Gasteiger partial charge in [-0.25, -0.2) is 4.85 Å². The van der Waals surface area contributed by atoms with Gasteiger partial charge in [0.15, 0.2) is 5.69 Å². The zero-order chi connectivity index (χ0) is 19.8. The van der Waals surface area contributed by atoms with Crippen LogP contribution in [0.5, 0.6) is 0 Å². The van der Waals surface area contributed by atoms with Gasteiger partial charge in [-0.15, -0.1) is 0 Å². The van der Waals surface area contributed by atoms with Gasteiger partial charge in [-0.2, -0.15) is 0 Å². The van der Waals surface area contributed by atoms with Gasteiger partial charge in [-0.05, 0) is 83.5 Å². The fraction of sp³-hybridized carbons (Fsp3) is 0. The highest BCUT2D eigenvalue weighted by Crippen LogP contribution is 2.49. The molecule has 0 aliphatic heterocycles. The maximum atomic E-state index is 7.29. The normalized spacial score (nSPS) is 12.0. The maximum Gasteiger partial charge on any atom is 0.187 e. The maximum absolute atomic E-state index is 7.29. The van der Waals surface area contributed by atoms with E-state index >= 15 is 0 Å². The van der Waals surface area contributed by atoms with Gasteiger partial charge in [0, 0.05) is 0 Å². The van der Waals surface area contributed by atoms with Crippen molar-refractivity contribution in [3.8, 4) is 22.3 Å². The van der Waals surface area contributed by atoms with Crippen LogP contribution in [-0.4, -0.2) is 0 Å². The first-order chi connectivity index (χ1) is 14.8. The second-order valence-electron chi connectivity index (χ2n) is 8.07. The molecule has 0 saturated heterocycles. The summed E-state index contributed by atoms with van der Waals surface area (Å²) in [6.07, 6.45) is 0. The number of rotatable bonds is 0. The van der Waals surface area contributed by atoms with E-state index in [9.17, 15) is 0 Å². The van der Waals surface area contributed by atoms with Gasteiger partial charge in [-0.1, -0.05) is 72.8 Å². The molecule has 6 aromatic rings. The van der Waals surface area contributed by atoms with Crippen molar-refractivity contribution in [3.63, 3.8) is 0 Å². The molecule has 136 valence electrons. The minimum absolute atomic E-state index is 0.686. The van der Waals surface area contributed by atoms with Crippen molar-refractivity contribution >= 4 is 48.8 Å². The van der Waals surface area contributed by atoms with Crippen LogP contribution in [0.1, 0.15) is 0 Å². The smallest absolute Gasteiger partial charge is 0.187 e. The van der Waals surface area contributed by atoms with Gasteiger partial charge in [-0.3, -0.25) is 0 Å². The summed E-state index contributed by atoms with van der Waals surface area (Å²) in [6.45, 7) is 7.29. The standard InChI is InChI=1S/C29H15N/c1-30-20-10-13-21-18(14-20)8-12-23-22(21)11-9-19-15-27-24-6-2-4-17-5-3-7-25(29(17)24)28(27)16-26(19)23/h2-16H. The molecular formula is C29H15N. The average molecular weight is 377 g/mol. The average Bonchev–Trinajstić information content (AvgIpc) is 3.12. The summed E-state index contributed by atoms with van der Waals surface area (Å²) in [7, 11) is 0. The zero-order valence-corrected chi connectivity index (χ0v) is 16.1. The summed E-state index contributed by atoms with van der Waals surface area (Å²) in [5.41, 5.74) is 6.01. The second kappa shape index (κ2) is 5.47. The Morgan fingerprint density at radius 1 is 0.467 bits per heavy atom. The van der Waals surface area contributed by atoms with Crippen LogP contribution in [0.4, 0.5) is 5.69 Å². The van der Waals surface area contributed by atoms with Crippen LogP contribution in [0.3, 0.4) is 0 Å². The minimum atomic E-state index is 0.686.